The third kappa shape index (κ3) is 3.10. The number of hydrogen-bond donors (Lipinski definition) is 1. The van der Waals surface area contributed by atoms with Crippen molar-refractivity contribution in [3.8, 4) is 11.1 Å². The summed E-state index contributed by atoms with van der Waals surface area (Å²) in [4.78, 5) is 0. The van der Waals surface area contributed by atoms with Crippen LogP contribution in [-0.4, -0.2) is 22.9 Å². The third-order valence-electron chi connectivity index (χ3n) is 3.81. The van der Waals surface area contributed by atoms with E-state index in [1.165, 1.54) is 12.1 Å². The first-order valence-electron chi connectivity index (χ1n) is 6.96. The lowest BCUT2D eigenvalue weighted by Gasteiger charge is -2.22. The first-order chi connectivity index (χ1) is 10.0. The Balaban J connectivity index is 1.86. The van der Waals surface area contributed by atoms with E-state index in [-0.39, 0.29) is 0 Å². The molecule has 2 aromatic rings. The van der Waals surface area contributed by atoms with Gasteiger partial charge in [-0.15, -0.1) is 0 Å². The molecule has 0 atom stereocenters. The van der Waals surface area contributed by atoms with Crippen LogP contribution in [0.1, 0.15) is 24.4 Å². The highest BCUT2D eigenvalue weighted by Gasteiger charge is 2.30. The zero-order chi connectivity index (χ0) is 14.9. The minimum atomic E-state index is -4.32. The summed E-state index contributed by atoms with van der Waals surface area (Å²) in [6, 6.07) is 5.69. The largest absolute Gasteiger partial charge is 0.416 e. The molecule has 0 saturated carbocycles. The van der Waals surface area contributed by atoms with E-state index in [0.29, 0.717) is 11.6 Å². The number of nitrogens with one attached hydrogen (secondary N) is 1. The second-order valence-electron chi connectivity index (χ2n) is 5.27. The number of piperidine rings is 1. The fourth-order valence-electron chi connectivity index (χ4n) is 2.63. The number of benzene rings is 1. The van der Waals surface area contributed by atoms with Crippen LogP contribution in [0.15, 0.2) is 36.7 Å². The van der Waals surface area contributed by atoms with Crippen LogP contribution in [0.3, 0.4) is 0 Å². The number of alkyl halides is 3. The van der Waals surface area contributed by atoms with Gasteiger partial charge in [-0.3, -0.25) is 4.68 Å². The van der Waals surface area contributed by atoms with Crippen LogP contribution in [0.4, 0.5) is 13.2 Å². The van der Waals surface area contributed by atoms with Gasteiger partial charge in [0, 0.05) is 11.8 Å². The minimum Gasteiger partial charge on any atom is -0.317 e. The maximum Gasteiger partial charge on any atom is 0.416 e. The summed E-state index contributed by atoms with van der Waals surface area (Å²) < 4.78 is 40.1. The Morgan fingerprint density at radius 2 is 1.90 bits per heavy atom. The molecule has 112 valence electrons. The second kappa shape index (κ2) is 5.52. The van der Waals surface area contributed by atoms with Crippen LogP contribution in [0.25, 0.3) is 11.1 Å². The summed E-state index contributed by atoms with van der Waals surface area (Å²) in [7, 11) is 0. The van der Waals surface area contributed by atoms with Gasteiger partial charge in [0.25, 0.3) is 0 Å². The van der Waals surface area contributed by atoms with Crippen molar-refractivity contribution < 1.29 is 13.2 Å². The van der Waals surface area contributed by atoms with Crippen molar-refractivity contribution in [2.24, 2.45) is 0 Å². The van der Waals surface area contributed by atoms with Crippen molar-refractivity contribution in [3.63, 3.8) is 0 Å². The molecule has 1 aromatic heterocycles. The molecule has 21 heavy (non-hydrogen) atoms. The van der Waals surface area contributed by atoms with Gasteiger partial charge >= 0.3 is 6.18 Å². The van der Waals surface area contributed by atoms with E-state index in [4.69, 9.17) is 0 Å². The second-order valence-corrected chi connectivity index (χ2v) is 5.27. The van der Waals surface area contributed by atoms with Crippen LogP contribution in [0.5, 0.6) is 0 Å². The molecule has 1 N–H and O–H groups in total. The lowest BCUT2D eigenvalue weighted by atomic mass is 10.1. The summed E-state index contributed by atoms with van der Waals surface area (Å²) in [5.74, 6) is 0. The molecule has 1 aliphatic heterocycles. The Kier molecular flexibility index (Phi) is 3.71. The molecule has 0 spiro atoms. The molecule has 0 bridgehead atoms. The van der Waals surface area contributed by atoms with Crippen LogP contribution in [0, 0.1) is 0 Å². The van der Waals surface area contributed by atoms with Gasteiger partial charge in [-0.05, 0) is 43.6 Å². The SMILES string of the molecule is FC(F)(F)c1cccc(-c2cnn(C3CCNCC3)c2)c1. The van der Waals surface area contributed by atoms with E-state index >= 15 is 0 Å². The van der Waals surface area contributed by atoms with E-state index < -0.39 is 11.7 Å². The van der Waals surface area contributed by atoms with Crippen LogP contribution >= 0.6 is 0 Å². The zero-order valence-electron chi connectivity index (χ0n) is 11.4. The highest BCUT2D eigenvalue weighted by atomic mass is 19.4. The maximum atomic E-state index is 12.8. The Hall–Kier alpha value is -1.82. The van der Waals surface area contributed by atoms with Gasteiger partial charge in [-0.2, -0.15) is 18.3 Å². The first-order valence-corrected chi connectivity index (χ1v) is 6.96. The Morgan fingerprint density at radius 1 is 1.14 bits per heavy atom. The first kappa shape index (κ1) is 14.1. The van der Waals surface area contributed by atoms with Crippen molar-refractivity contribution >= 4 is 0 Å². The van der Waals surface area contributed by atoms with Gasteiger partial charge in [0.15, 0.2) is 0 Å². The van der Waals surface area contributed by atoms with Crippen LogP contribution in [0.2, 0.25) is 0 Å². The van der Waals surface area contributed by atoms with Gasteiger partial charge in [0.2, 0.25) is 0 Å². The molecule has 0 amide bonds. The fourth-order valence-corrected chi connectivity index (χ4v) is 2.63. The molecule has 2 heterocycles. The Labute approximate surface area is 120 Å². The monoisotopic (exact) mass is 295 g/mol. The summed E-state index contributed by atoms with van der Waals surface area (Å²) >= 11 is 0. The van der Waals surface area contributed by atoms with E-state index in [0.717, 1.165) is 37.6 Å². The summed E-state index contributed by atoms with van der Waals surface area (Å²) in [6.07, 6.45) is 1.14. The van der Waals surface area contributed by atoms with Crippen molar-refractivity contribution in [2.75, 3.05) is 13.1 Å². The molecule has 1 fully saturated rings. The molecule has 0 radical (unpaired) electrons. The van der Waals surface area contributed by atoms with Gasteiger partial charge in [-0.1, -0.05) is 12.1 Å². The number of aromatic nitrogens is 2. The number of hydrogen-bond acceptors (Lipinski definition) is 2. The van der Waals surface area contributed by atoms with Gasteiger partial charge in [-0.25, -0.2) is 0 Å². The number of halogens is 3. The standard InChI is InChI=1S/C15H16F3N3/c16-15(17,18)13-3-1-2-11(8-13)12-9-20-21(10-12)14-4-6-19-7-5-14/h1-3,8-10,14,19H,4-7H2. The Bertz CT molecular complexity index is 613. The molecule has 1 saturated heterocycles. The minimum absolute atomic E-state index is 0.325. The average molecular weight is 295 g/mol. The summed E-state index contributed by atoms with van der Waals surface area (Å²) in [5, 5.41) is 7.60. The molecule has 3 rings (SSSR count). The molecule has 0 unspecified atom stereocenters. The summed E-state index contributed by atoms with van der Waals surface area (Å²) in [6.45, 7) is 1.90. The lowest BCUT2D eigenvalue weighted by Crippen LogP contribution is -2.29. The van der Waals surface area contributed by atoms with Crippen LogP contribution < -0.4 is 5.32 Å². The van der Waals surface area contributed by atoms with Crippen LogP contribution in [-0.2, 0) is 6.18 Å². The number of rotatable bonds is 2. The quantitative estimate of drug-likeness (QED) is 0.919. The van der Waals surface area contributed by atoms with Gasteiger partial charge in [0.05, 0.1) is 17.8 Å². The van der Waals surface area contributed by atoms with E-state index in [9.17, 15) is 13.2 Å². The number of nitrogens with zero attached hydrogens (tertiary/aromatic N) is 2. The van der Waals surface area contributed by atoms with Crippen molar-refractivity contribution in [3.05, 3.63) is 42.2 Å². The Morgan fingerprint density at radius 3 is 2.62 bits per heavy atom. The van der Waals surface area contributed by atoms with E-state index in [2.05, 4.69) is 10.4 Å². The third-order valence-corrected chi connectivity index (χ3v) is 3.81. The molecule has 1 aromatic carbocycles. The normalized spacial score (nSPS) is 17.1. The maximum absolute atomic E-state index is 12.8. The van der Waals surface area contributed by atoms with E-state index in [1.807, 2.05) is 10.9 Å². The van der Waals surface area contributed by atoms with Crippen molar-refractivity contribution in [1.82, 2.24) is 15.1 Å². The molecule has 1 aliphatic rings. The predicted molar refractivity (Wildman–Crippen MR) is 73.8 cm³/mol. The summed E-state index contributed by atoms with van der Waals surface area (Å²) in [5.41, 5.74) is 0.638. The zero-order valence-corrected chi connectivity index (χ0v) is 11.4. The molecule has 3 nitrogen and oxygen atoms in total. The molecular formula is C15H16F3N3. The molecule has 6 heteroatoms. The average Bonchev–Trinajstić information content (AvgIpc) is 2.97. The van der Waals surface area contributed by atoms with E-state index in [1.54, 1.807) is 12.3 Å². The predicted octanol–water partition coefficient (Wildman–Crippen LogP) is 3.49. The highest BCUT2D eigenvalue weighted by molar-refractivity contribution is 5.62. The fraction of sp³-hybridized carbons (Fsp3) is 0.400. The lowest BCUT2D eigenvalue weighted by molar-refractivity contribution is -0.137. The van der Waals surface area contributed by atoms with Gasteiger partial charge in [0.1, 0.15) is 0 Å². The van der Waals surface area contributed by atoms with Gasteiger partial charge < -0.3 is 5.32 Å². The molecular weight excluding hydrogens is 279 g/mol. The van der Waals surface area contributed by atoms with Crippen molar-refractivity contribution in [2.45, 2.75) is 25.1 Å². The smallest absolute Gasteiger partial charge is 0.317 e. The molecule has 0 aliphatic carbocycles. The van der Waals surface area contributed by atoms with Crippen molar-refractivity contribution in [1.29, 1.82) is 0 Å². The highest BCUT2D eigenvalue weighted by Crippen LogP contribution is 2.32. The topological polar surface area (TPSA) is 29.9 Å².